The highest BCUT2D eigenvalue weighted by atomic mass is 32.2. The van der Waals surface area contributed by atoms with Crippen LogP contribution in [0.2, 0.25) is 0 Å². The molecular formula is C15H20N4O3S2. The van der Waals surface area contributed by atoms with Crippen LogP contribution in [0.5, 0.6) is 0 Å². The maximum Gasteiger partial charge on any atom is 0.242 e. The number of amides is 1. The van der Waals surface area contributed by atoms with Crippen molar-refractivity contribution in [1.82, 2.24) is 13.9 Å². The lowest BCUT2D eigenvalue weighted by Crippen LogP contribution is -2.22. The molecule has 2 rings (SSSR count). The van der Waals surface area contributed by atoms with E-state index >= 15 is 0 Å². The summed E-state index contributed by atoms with van der Waals surface area (Å²) in [6.45, 7) is 1.81. The largest absolute Gasteiger partial charge is 0.329 e. The van der Waals surface area contributed by atoms with Gasteiger partial charge in [0.05, 0.1) is 10.6 Å². The summed E-state index contributed by atoms with van der Waals surface area (Å²) in [5, 5.41) is 3.51. The second-order valence-corrected chi connectivity index (χ2v) is 8.52. The van der Waals surface area contributed by atoms with E-state index in [-0.39, 0.29) is 16.6 Å². The van der Waals surface area contributed by atoms with E-state index in [4.69, 9.17) is 0 Å². The number of anilines is 1. The first-order valence-electron chi connectivity index (χ1n) is 7.15. The minimum Gasteiger partial charge on any atom is -0.329 e. The molecule has 130 valence electrons. The average Bonchev–Trinajstić information content (AvgIpc) is 2.92. The van der Waals surface area contributed by atoms with Crippen LogP contribution in [0, 0.1) is 6.92 Å². The van der Waals surface area contributed by atoms with E-state index in [0.29, 0.717) is 5.69 Å². The fraction of sp³-hybridized carbons (Fsp3) is 0.333. The van der Waals surface area contributed by atoms with E-state index in [9.17, 15) is 13.2 Å². The van der Waals surface area contributed by atoms with Crippen molar-refractivity contribution in [2.45, 2.75) is 17.0 Å². The van der Waals surface area contributed by atoms with Crippen LogP contribution >= 0.6 is 11.8 Å². The van der Waals surface area contributed by atoms with Crippen molar-refractivity contribution in [3.63, 3.8) is 0 Å². The number of rotatable bonds is 6. The van der Waals surface area contributed by atoms with Crippen molar-refractivity contribution in [2.24, 2.45) is 7.05 Å². The Labute approximate surface area is 146 Å². The Morgan fingerprint density at radius 2 is 2.08 bits per heavy atom. The van der Waals surface area contributed by atoms with E-state index in [1.54, 1.807) is 18.5 Å². The Kier molecular flexibility index (Phi) is 5.68. The molecule has 0 bridgehead atoms. The van der Waals surface area contributed by atoms with Gasteiger partial charge in [0.2, 0.25) is 15.9 Å². The van der Waals surface area contributed by atoms with Gasteiger partial charge in [-0.25, -0.2) is 17.7 Å². The molecule has 1 N–H and O–H groups in total. The highest BCUT2D eigenvalue weighted by Gasteiger charge is 2.18. The first-order chi connectivity index (χ1) is 11.2. The van der Waals surface area contributed by atoms with Crippen LogP contribution in [0.15, 0.2) is 40.6 Å². The smallest absolute Gasteiger partial charge is 0.242 e. The lowest BCUT2D eigenvalue weighted by Gasteiger charge is -2.14. The Balaban J connectivity index is 2.11. The fourth-order valence-electron chi connectivity index (χ4n) is 1.91. The molecule has 1 aromatic heterocycles. The second kappa shape index (κ2) is 7.37. The number of carbonyl (C=O) groups excluding carboxylic acids is 1. The van der Waals surface area contributed by atoms with E-state index in [2.05, 4.69) is 10.3 Å². The van der Waals surface area contributed by atoms with Crippen LogP contribution in [0.3, 0.4) is 0 Å². The fourth-order valence-corrected chi connectivity index (χ4v) is 3.58. The monoisotopic (exact) mass is 368 g/mol. The molecule has 0 unspecified atom stereocenters. The predicted octanol–water partition coefficient (Wildman–Crippen LogP) is 1.71. The van der Waals surface area contributed by atoms with Crippen LogP contribution in [0.4, 0.5) is 5.69 Å². The zero-order valence-corrected chi connectivity index (χ0v) is 15.6. The zero-order valence-electron chi connectivity index (χ0n) is 14.0. The lowest BCUT2D eigenvalue weighted by atomic mass is 10.2. The Bertz CT molecular complexity index is 844. The number of nitrogens with one attached hydrogen (secondary N) is 1. The number of nitrogens with zero attached hydrogens (tertiary/aromatic N) is 3. The number of aryl methyl sites for hydroxylation is 2. The number of aromatic nitrogens is 2. The van der Waals surface area contributed by atoms with Gasteiger partial charge in [0.25, 0.3) is 0 Å². The first kappa shape index (κ1) is 18.5. The summed E-state index contributed by atoms with van der Waals surface area (Å²) in [6, 6.07) is 4.69. The molecule has 0 radical (unpaired) electrons. The van der Waals surface area contributed by atoms with Crippen molar-refractivity contribution < 1.29 is 13.2 Å². The van der Waals surface area contributed by atoms with Crippen LogP contribution in [0.1, 0.15) is 5.56 Å². The number of imidazole rings is 1. The Morgan fingerprint density at radius 3 is 2.67 bits per heavy atom. The molecule has 0 aliphatic carbocycles. The lowest BCUT2D eigenvalue weighted by molar-refractivity contribution is -0.113. The van der Waals surface area contributed by atoms with Gasteiger partial charge in [-0.3, -0.25) is 4.79 Å². The van der Waals surface area contributed by atoms with E-state index < -0.39 is 10.0 Å². The summed E-state index contributed by atoms with van der Waals surface area (Å²) < 4.78 is 27.4. The molecule has 0 fully saturated rings. The van der Waals surface area contributed by atoms with E-state index in [0.717, 1.165) is 15.0 Å². The van der Waals surface area contributed by atoms with Crippen LogP contribution in [-0.4, -0.2) is 48.0 Å². The minimum absolute atomic E-state index is 0.144. The molecule has 9 heteroatoms. The molecule has 2 aromatic rings. The molecule has 24 heavy (non-hydrogen) atoms. The summed E-state index contributed by atoms with van der Waals surface area (Å²) >= 11 is 1.31. The molecular weight excluding hydrogens is 348 g/mol. The summed E-state index contributed by atoms with van der Waals surface area (Å²) in [7, 11) is 1.25. The van der Waals surface area contributed by atoms with Crippen molar-refractivity contribution in [3.8, 4) is 0 Å². The molecule has 0 atom stereocenters. The van der Waals surface area contributed by atoms with Crippen LogP contribution in [0.25, 0.3) is 0 Å². The van der Waals surface area contributed by atoms with Crippen molar-refractivity contribution in [1.29, 1.82) is 0 Å². The van der Waals surface area contributed by atoms with Crippen molar-refractivity contribution in [2.75, 3.05) is 25.2 Å². The second-order valence-electron chi connectivity index (χ2n) is 5.42. The molecule has 1 aromatic carbocycles. The normalized spacial score (nSPS) is 11.7. The summed E-state index contributed by atoms with van der Waals surface area (Å²) in [5.41, 5.74) is 1.28. The summed E-state index contributed by atoms with van der Waals surface area (Å²) in [4.78, 5) is 16.4. The number of thioether (sulfide) groups is 1. The predicted molar refractivity (Wildman–Crippen MR) is 94.6 cm³/mol. The number of hydrogen-bond acceptors (Lipinski definition) is 5. The van der Waals surface area contributed by atoms with Gasteiger partial charge in [0.1, 0.15) is 0 Å². The topological polar surface area (TPSA) is 84.3 Å². The first-order valence-corrected chi connectivity index (χ1v) is 9.57. The molecule has 0 saturated heterocycles. The quantitative estimate of drug-likeness (QED) is 0.785. The average molecular weight is 368 g/mol. The third-order valence-corrected chi connectivity index (χ3v) is 6.24. The van der Waals surface area contributed by atoms with Gasteiger partial charge in [-0.1, -0.05) is 17.8 Å². The van der Waals surface area contributed by atoms with Gasteiger partial charge < -0.3 is 9.88 Å². The number of benzene rings is 1. The molecule has 1 heterocycles. The molecule has 0 spiro atoms. The number of hydrogen-bond donors (Lipinski definition) is 1. The van der Waals surface area contributed by atoms with Gasteiger partial charge in [0.15, 0.2) is 5.16 Å². The van der Waals surface area contributed by atoms with Gasteiger partial charge in [-0.2, -0.15) is 0 Å². The van der Waals surface area contributed by atoms with Gasteiger partial charge in [-0.15, -0.1) is 0 Å². The van der Waals surface area contributed by atoms with Gasteiger partial charge >= 0.3 is 0 Å². The highest BCUT2D eigenvalue weighted by molar-refractivity contribution is 7.99. The number of carbonyl (C=O) groups is 1. The molecule has 0 aliphatic rings. The minimum atomic E-state index is -3.54. The SMILES string of the molecule is Cc1ccc(S(=O)(=O)N(C)C)cc1NC(=O)CSc1nccn1C. The molecule has 7 nitrogen and oxygen atoms in total. The molecule has 0 aliphatic heterocycles. The molecule has 1 amide bonds. The van der Waals surface area contributed by atoms with Crippen molar-refractivity contribution in [3.05, 3.63) is 36.2 Å². The Morgan fingerprint density at radius 1 is 1.38 bits per heavy atom. The summed E-state index contributed by atoms with van der Waals surface area (Å²) in [5.74, 6) is -0.0277. The third-order valence-electron chi connectivity index (χ3n) is 3.37. The van der Waals surface area contributed by atoms with Gasteiger partial charge in [-0.05, 0) is 24.6 Å². The maximum atomic E-state index is 12.2. The van der Waals surface area contributed by atoms with E-state index in [1.807, 2.05) is 18.5 Å². The number of sulfonamides is 1. The third kappa shape index (κ3) is 4.16. The van der Waals surface area contributed by atoms with E-state index in [1.165, 1.54) is 38.0 Å². The maximum absolute atomic E-state index is 12.2. The highest BCUT2D eigenvalue weighted by Crippen LogP contribution is 2.22. The van der Waals surface area contributed by atoms with Crippen molar-refractivity contribution >= 4 is 33.4 Å². The van der Waals surface area contributed by atoms with Crippen LogP contribution < -0.4 is 5.32 Å². The van der Waals surface area contributed by atoms with Gasteiger partial charge in [0, 0.05) is 39.2 Å². The Hall–Kier alpha value is -1.84. The zero-order chi connectivity index (χ0) is 17.9. The molecule has 0 saturated carbocycles. The standard InChI is InChI=1S/C15H20N4O3S2/c1-11-5-6-12(24(21,22)18(2)3)9-13(11)17-14(20)10-23-15-16-7-8-19(15)4/h5-9H,10H2,1-4H3,(H,17,20). The summed E-state index contributed by atoms with van der Waals surface area (Å²) in [6.07, 6.45) is 3.47. The van der Waals surface area contributed by atoms with Crippen LogP contribution in [-0.2, 0) is 21.9 Å².